The fourth-order valence-electron chi connectivity index (χ4n) is 2.26. The first-order valence-corrected chi connectivity index (χ1v) is 7.06. The number of anilines is 1. The molecule has 1 aliphatic heterocycles. The average Bonchev–Trinajstić information content (AvgIpc) is 2.34. The molecule has 98 valence electrons. The van der Waals surface area contributed by atoms with Crippen molar-refractivity contribution in [1.29, 1.82) is 0 Å². The second-order valence-electron chi connectivity index (χ2n) is 4.76. The molecular weight excluding hydrogens is 294 g/mol. The van der Waals surface area contributed by atoms with Crippen LogP contribution in [0, 0.1) is 13.8 Å². The smallest absolute Gasteiger partial charge is 0.253 e. The molecule has 1 atom stereocenters. The lowest BCUT2D eigenvalue weighted by Gasteiger charge is -2.22. The summed E-state index contributed by atoms with van der Waals surface area (Å²) in [6.45, 7) is 4.68. The Morgan fingerprint density at radius 3 is 2.56 bits per heavy atom. The summed E-state index contributed by atoms with van der Waals surface area (Å²) in [5.74, 6) is -0.0248. The summed E-state index contributed by atoms with van der Waals surface area (Å²) in [6.07, 6.45) is 2.65. The molecule has 1 fully saturated rings. The Morgan fingerprint density at radius 1 is 1.33 bits per heavy atom. The number of carbonyl (C=O) groups excluding carboxylic acids is 1. The predicted molar refractivity (Wildman–Crippen MR) is 75.8 cm³/mol. The van der Waals surface area contributed by atoms with Crippen LogP contribution in [0.1, 0.15) is 30.4 Å². The molecule has 0 radical (unpaired) electrons. The molecule has 2 rings (SSSR count). The molecule has 0 spiro atoms. The molecule has 0 bridgehead atoms. The monoisotopic (exact) mass is 311 g/mol. The molecule has 1 N–H and O–H groups in total. The highest BCUT2D eigenvalue weighted by Crippen LogP contribution is 2.26. The van der Waals surface area contributed by atoms with Gasteiger partial charge in [0.2, 0.25) is 0 Å². The van der Waals surface area contributed by atoms with Gasteiger partial charge in [-0.2, -0.15) is 0 Å². The number of carbonyl (C=O) groups is 1. The van der Waals surface area contributed by atoms with E-state index < -0.39 is 0 Å². The Bertz CT molecular complexity index is 430. The zero-order chi connectivity index (χ0) is 13.1. The van der Waals surface area contributed by atoms with E-state index >= 15 is 0 Å². The molecule has 4 heteroatoms. The van der Waals surface area contributed by atoms with Gasteiger partial charge in [0.25, 0.3) is 5.91 Å². The van der Waals surface area contributed by atoms with Gasteiger partial charge < -0.3 is 10.1 Å². The third-order valence-corrected chi connectivity index (χ3v) is 3.68. The third-order valence-electron chi connectivity index (χ3n) is 3.22. The van der Waals surface area contributed by atoms with Crippen LogP contribution in [0.4, 0.5) is 5.69 Å². The number of nitrogens with one attached hydrogen (secondary N) is 1. The number of amides is 1. The number of hydrogen-bond donors (Lipinski definition) is 1. The van der Waals surface area contributed by atoms with Crippen molar-refractivity contribution >= 4 is 27.5 Å². The van der Waals surface area contributed by atoms with E-state index in [9.17, 15) is 4.79 Å². The molecule has 1 unspecified atom stereocenters. The maximum absolute atomic E-state index is 12.1. The normalized spacial score (nSPS) is 19.6. The van der Waals surface area contributed by atoms with Crippen LogP contribution in [-0.4, -0.2) is 18.6 Å². The quantitative estimate of drug-likeness (QED) is 0.906. The first-order chi connectivity index (χ1) is 8.58. The van der Waals surface area contributed by atoms with Gasteiger partial charge in [-0.3, -0.25) is 4.79 Å². The first kappa shape index (κ1) is 13.6. The Labute approximate surface area is 116 Å². The van der Waals surface area contributed by atoms with Crippen LogP contribution in [0.2, 0.25) is 0 Å². The van der Waals surface area contributed by atoms with Crippen molar-refractivity contribution in [3.05, 3.63) is 27.7 Å². The fourth-order valence-corrected chi connectivity index (χ4v) is 2.95. The minimum atomic E-state index is -0.291. The average molecular weight is 312 g/mol. The van der Waals surface area contributed by atoms with E-state index in [0.717, 1.165) is 40.5 Å². The first-order valence-electron chi connectivity index (χ1n) is 6.27. The summed E-state index contributed by atoms with van der Waals surface area (Å²) in [6, 6.07) is 4.01. The zero-order valence-corrected chi connectivity index (χ0v) is 12.3. The van der Waals surface area contributed by atoms with Crippen molar-refractivity contribution in [2.24, 2.45) is 0 Å². The predicted octanol–water partition coefficient (Wildman–Crippen LogP) is 3.57. The molecule has 0 aromatic heterocycles. The molecule has 3 nitrogen and oxygen atoms in total. The Morgan fingerprint density at radius 2 is 2.00 bits per heavy atom. The highest BCUT2D eigenvalue weighted by Gasteiger charge is 2.22. The fraction of sp³-hybridized carbons (Fsp3) is 0.500. The second kappa shape index (κ2) is 5.85. The van der Waals surface area contributed by atoms with E-state index in [-0.39, 0.29) is 12.0 Å². The van der Waals surface area contributed by atoms with Crippen molar-refractivity contribution in [2.75, 3.05) is 11.9 Å². The van der Waals surface area contributed by atoms with E-state index in [1.165, 1.54) is 0 Å². The number of halogens is 1. The van der Waals surface area contributed by atoms with E-state index in [4.69, 9.17) is 4.74 Å². The van der Waals surface area contributed by atoms with E-state index in [0.29, 0.717) is 6.61 Å². The molecule has 0 saturated carbocycles. The minimum absolute atomic E-state index is 0.0248. The van der Waals surface area contributed by atoms with Crippen LogP contribution in [0.5, 0.6) is 0 Å². The number of aryl methyl sites for hydroxylation is 2. The van der Waals surface area contributed by atoms with Gasteiger partial charge in [0.15, 0.2) is 0 Å². The molecule has 1 heterocycles. The Balaban J connectivity index is 2.11. The number of hydrogen-bond acceptors (Lipinski definition) is 2. The molecule has 1 aromatic carbocycles. The summed E-state index contributed by atoms with van der Waals surface area (Å²) in [4.78, 5) is 12.1. The Hall–Kier alpha value is -0.870. The van der Waals surface area contributed by atoms with E-state index in [2.05, 4.69) is 21.2 Å². The second-order valence-corrected chi connectivity index (χ2v) is 5.67. The summed E-state index contributed by atoms with van der Waals surface area (Å²) in [5, 5.41) is 2.99. The lowest BCUT2D eigenvalue weighted by Crippen LogP contribution is -2.33. The van der Waals surface area contributed by atoms with Crippen molar-refractivity contribution in [2.45, 2.75) is 39.2 Å². The SMILES string of the molecule is Cc1cc(Br)cc(C)c1NC(=O)C1CCCCO1. The van der Waals surface area contributed by atoms with Gasteiger partial charge in [0.05, 0.1) is 0 Å². The Kier molecular flexibility index (Phi) is 4.40. The van der Waals surface area contributed by atoms with Crippen LogP contribution in [-0.2, 0) is 9.53 Å². The minimum Gasteiger partial charge on any atom is -0.368 e. The zero-order valence-electron chi connectivity index (χ0n) is 10.8. The van der Waals surface area contributed by atoms with Gasteiger partial charge in [-0.05, 0) is 56.4 Å². The molecule has 1 saturated heterocycles. The van der Waals surface area contributed by atoms with Crippen LogP contribution in [0.25, 0.3) is 0 Å². The highest BCUT2D eigenvalue weighted by molar-refractivity contribution is 9.10. The van der Waals surface area contributed by atoms with E-state index in [1.807, 2.05) is 26.0 Å². The van der Waals surface area contributed by atoms with Crippen molar-refractivity contribution in [3.63, 3.8) is 0 Å². The van der Waals surface area contributed by atoms with Gasteiger partial charge in [-0.25, -0.2) is 0 Å². The number of ether oxygens (including phenoxy) is 1. The van der Waals surface area contributed by atoms with Crippen LogP contribution < -0.4 is 5.32 Å². The van der Waals surface area contributed by atoms with Gasteiger partial charge in [-0.1, -0.05) is 15.9 Å². The molecular formula is C14H18BrNO2. The van der Waals surface area contributed by atoms with Crippen LogP contribution in [0.15, 0.2) is 16.6 Å². The maximum atomic E-state index is 12.1. The van der Waals surface area contributed by atoms with E-state index in [1.54, 1.807) is 0 Å². The molecule has 1 amide bonds. The molecule has 1 aliphatic rings. The molecule has 0 aliphatic carbocycles. The largest absolute Gasteiger partial charge is 0.368 e. The maximum Gasteiger partial charge on any atom is 0.253 e. The van der Waals surface area contributed by atoms with Crippen molar-refractivity contribution < 1.29 is 9.53 Å². The third kappa shape index (κ3) is 3.12. The van der Waals surface area contributed by atoms with Crippen LogP contribution in [0.3, 0.4) is 0 Å². The highest BCUT2D eigenvalue weighted by atomic mass is 79.9. The standard InChI is InChI=1S/C14H18BrNO2/c1-9-7-11(15)8-10(2)13(9)16-14(17)12-5-3-4-6-18-12/h7-8,12H,3-6H2,1-2H3,(H,16,17). The summed E-state index contributed by atoms with van der Waals surface area (Å²) < 4.78 is 6.53. The van der Waals surface area contributed by atoms with Gasteiger partial charge in [-0.15, -0.1) is 0 Å². The lowest BCUT2D eigenvalue weighted by molar-refractivity contribution is -0.129. The lowest BCUT2D eigenvalue weighted by atomic mass is 10.1. The van der Waals surface area contributed by atoms with Gasteiger partial charge in [0, 0.05) is 16.8 Å². The van der Waals surface area contributed by atoms with Crippen molar-refractivity contribution in [3.8, 4) is 0 Å². The van der Waals surface area contributed by atoms with Crippen molar-refractivity contribution in [1.82, 2.24) is 0 Å². The molecule has 1 aromatic rings. The number of rotatable bonds is 2. The van der Waals surface area contributed by atoms with Gasteiger partial charge in [0.1, 0.15) is 6.10 Å². The van der Waals surface area contributed by atoms with Crippen LogP contribution >= 0.6 is 15.9 Å². The number of benzene rings is 1. The summed E-state index contributed by atoms with van der Waals surface area (Å²) >= 11 is 3.45. The molecule has 18 heavy (non-hydrogen) atoms. The summed E-state index contributed by atoms with van der Waals surface area (Å²) in [5.41, 5.74) is 3.02. The van der Waals surface area contributed by atoms with Gasteiger partial charge >= 0.3 is 0 Å². The summed E-state index contributed by atoms with van der Waals surface area (Å²) in [7, 11) is 0. The topological polar surface area (TPSA) is 38.3 Å².